The summed E-state index contributed by atoms with van der Waals surface area (Å²) in [5.41, 5.74) is 9.16. The van der Waals surface area contributed by atoms with Crippen molar-refractivity contribution < 1.29 is 37.7 Å². The second-order valence-corrected chi connectivity index (χ2v) is 9.53. The number of carboxylic acids is 1. The Balaban J connectivity index is 0.000000782. The number of aliphatic hydroxyl groups excluding tert-OH is 1. The lowest BCUT2D eigenvalue weighted by molar-refractivity contribution is -0.192. The third-order valence-corrected chi connectivity index (χ3v) is 6.19. The second-order valence-electron chi connectivity index (χ2n) is 9.53. The summed E-state index contributed by atoms with van der Waals surface area (Å²) >= 11 is 0. The highest BCUT2D eigenvalue weighted by atomic mass is 19.4. The lowest BCUT2D eigenvalue weighted by Crippen LogP contribution is -2.29. The van der Waals surface area contributed by atoms with Gasteiger partial charge in [-0.15, -0.1) is 0 Å². The first-order chi connectivity index (χ1) is 20.1. The molecule has 0 aliphatic heterocycles. The van der Waals surface area contributed by atoms with Gasteiger partial charge in [-0.05, 0) is 54.8 Å². The molecule has 0 aromatic heterocycles. The molecule has 0 bridgehead atoms. The van der Waals surface area contributed by atoms with Crippen molar-refractivity contribution in [3.8, 4) is 5.75 Å². The summed E-state index contributed by atoms with van der Waals surface area (Å²) in [5.74, 6) is -2.19. The van der Waals surface area contributed by atoms with E-state index in [4.69, 9.17) is 20.4 Å². The van der Waals surface area contributed by atoms with E-state index in [0.29, 0.717) is 31.0 Å². The van der Waals surface area contributed by atoms with Crippen LogP contribution in [0.4, 0.5) is 18.9 Å². The number of halogens is 3. The van der Waals surface area contributed by atoms with Gasteiger partial charge in [0.2, 0.25) is 6.41 Å². The molecule has 0 saturated carbocycles. The molecule has 0 fully saturated rings. The average Bonchev–Trinajstić information content (AvgIpc) is 2.97. The standard InChI is InChI=1S/C29H37N3O3.C2HF3O2/c30-17-9-1-2-10-18-32(20-24-11-5-3-6-12-24)21-28(34)26-15-16-29(27(19-26)31-23-33)35-22-25-13-7-4-8-14-25;3-2(4,5)1(6)7/h3-8,11-16,19,23,28,34H,1-2,9-10,17-18,20-22,30H2,(H,31,33);(H,6,7). The van der Waals surface area contributed by atoms with Crippen LogP contribution in [0.3, 0.4) is 0 Å². The minimum absolute atomic E-state index is 0.394. The number of benzene rings is 3. The molecule has 1 atom stereocenters. The van der Waals surface area contributed by atoms with Crippen LogP contribution in [-0.2, 0) is 22.7 Å². The third-order valence-electron chi connectivity index (χ3n) is 6.19. The number of nitrogens with two attached hydrogens (primary N) is 1. The fourth-order valence-electron chi connectivity index (χ4n) is 4.05. The lowest BCUT2D eigenvalue weighted by atomic mass is 10.1. The van der Waals surface area contributed by atoms with Crippen LogP contribution < -0.4 is 15.8 Å². The number of carbonyl (C=O) groups excluding carboxylic acids is 1. The van der Waals surface area contributed by atoms with Gasteiger partial charge in [-0.25, -0.2) is 4.79 Å². The summed E-state index contributed by atoms with van der Waals surface area (Å²) < 4.78 is 37.7. The normalized spacial score (nSPS) is 11.8. The van der Waals surface area contributed by atoms with Crippen molar-refractivity contribution in [3.63, 3.8) is 0 Å². The SMILES string of the molecule is NCCCCCCN(Cc1ccccc1)CC(O)c1ccc(OCc2ccccc2)c(NC=O)c1.O=C(O)C(F)(F)F. The van der Waals surface area contributed by atoms with Crippen LogP contribution in [0, 0.1) is 0 Å². The Morgan fingerprint density at radius 2 is 1.55 bits per heavy atom. The van der Waals surface area contributed by atoms with E-state index >= 15 is 0 Å². The van der Waals surface area contributed by atoms with Crippen molar-refractivity contribution in [2.45, 2.75) is 51.1 Å². The zero-order valence-electron chi connectivity index (χ0n) is 23.3. The minimum atomic E-state index is -5.08. The Morgan fingerprint density at radius 1 is 0.952 bits per heavy atom. The quantitative estimate of drug-likeness (QED) is 0.128. The number of aliphatic carboxylic acids is 1. The maximum atomic E-state index is 11.2. The van der Waals surface area contributed by atoms with Gasteiger partial charge < -0.3 is 26.0 Å². The zero-order chi connectivity index (χ0) is 30.8. The Labute approximate surface area is 243 Å². The van der Waals surface area contributed by atoms with Gasteiger partial charge in [0.25, 0.3) is 0 Å². The molecule has 3 aromatic rings. The highest BCUT2D eigenvalue weighted by Gasteiger charge is 2.38. The molecule has 1 unspecified atom stereocenters. The maximum Gasteiger partial charge on any atom is 0.490 e. The molecular formula is C31H38F3N3O5. The number of hydrogen-bond acceptors (Lipinski definition) is 6. The van der Waals surface area contributed by atoms with Crippen LogP contribution in [0.15, 0.2) is 78.9 Å². The second kappa shape index (κ2) is 18.5. The number of unbranched alkanes of at least 4 members (excludes halogenated alkanes) is 3. The number of carboxylic acid groups (broad SMARTS) is 1. The smallest absolute Gasteiger partial charge is 0.487 e. The number of nitrogens with one attached hydrogen (secondary N) is 1. The van der Waals surface area contributed by atoms with Crippen molar-refractivity contribution in [2.24, 2.45) is 5.73 Å². The van der Waals surface area contributed by atoms with Gasteiger partial charge in [0.1, 0.15) is 12.4 Å². The van der Waals surface area contributed by atoms with Crippen LogP contribution in [0.2, 0.25) is 0 Å². The topological polar surface area (TPSA) is 125 Å². The molecule has 0 radical (unpaired) electrons. The Kier molecular flexibility index (Phi) is 15.1. The van der Waals surface area contributed by atoms with E-state index in [9.17, 15) is 23.1 Å². The van der Waals surface area contributed by atoms with Crippen LogP contribution in [0.5, 0.6) is 5.75 Å². The van der Waals surface area contributed by atoms with Gasteiger partial charge in [0.15, 0.2) is 0 Å². The predicted octanol–water partition coefficient (Wildman–Crippen LogP) is 5.52. The number of aliphatic hydroxyl groups is 1. The summed E-state index contributed by atoms with van der Waals surface area (Å²) in [6.07, 6.45) is -0.790. The Hall–Kier alpha value is -3.93. The molecule has 11 heteroatoms. The Bertz CT molecular complexity index is 1200. The number of anilines is 1. The monoisotopic (exact) mass is 589 g/mol. The number of hydrogen-bond donors (Lipinski definition) is 4. The number of nitrogens with zero attached hydrogens (tertiary/aromatic N) is 1. The van der Waals surface area contributed by atoms with Crippen molar-refractivity contribution in [1.29, 1.82) is 0 Å². The minimum Gasteiger partial charge on any atom is -0.487 e. The van der Waals surface area contributed by atoms with E-state index in [1.807, 2.05) is 60.7 Å². The molecule has 0 spiro atoms. The molecule has 8 nitrogen and oxygen atoms in total. The van der Waals surface area contributed by atoms with Gasteiger partial charge in [-0.1, -0.05) is 79.6 Å². The van der Waals surface area contributed by atoms with E-state index in [0.717, 1.165) is 56.4 Å². The molecule has 1 amide bonds. The van der Waals surface area contributed by atoms with E-state index in [1.165, 1.54) is 5.56 Å². The van der Waals surface area contributed by atoms with Gasteiger partial charge in [0.05, 0.1) is 11.8 Å². The summed E-state index contributed by atoms with van der Waals surface area (Å²) in [4.78, 5) is 22.4. The molecule has 0 aliphatic rings. The molecule has 0 heterocycles. The number of carbonyl (C=O) groups is 2. The van der Waals surface area contributed by atoms with E-state index in [-0.39, 0.29) is 0 Å². The highest BCUT2D eigenvalue weighted by Crippen LogP contribution is 2.29. The number of rotatable bonds is 16. The fraction of sp³-hybridized carbons (Fsp3) is 0.355. The summed E-state index contributed by atoms with van der Waals surface area (Å²) in [7, 11) is 0. The van der Waals surface area contributed by atoms with Gasteiger partial charge in [0, 0.05) is 13.1 Å². The molecule has 42 heavy (non-hydrogen) atoms. The molecule has 3 aromatic carbocycles. The van der Waals surface area contributed by atoms with Crippen LogP contribution in [-0.4, -0.2) is 53.3 Å². The fourth-order valence-corrected chi connectivity index (χ4v) is 4.05. The summed E-state index contributed by atoms with van der Waals surface area (Å²) in [6, 6.07) is 25.6. The zero-order valence-corrected chi connectivity index (χ0v) is 23.3. The number of ether oxygens (including phenoxy) is 1. The van der Waals surface area contributed by atoms with Crippen molar-refractivity contribution in [3.05, 3.63) is 95.6 Å². The summed E-state index contributed by atoms with van der Waals surface area (Å²) in [6.45, 7) is 3.29. The van der Waals surface area contributed by atoms with Crippen molar-refractivity contribution >= 4 is 18.1 Å². The predicted molar refractivity (Wildman–Crippen MR) is 155 cm³/mol. The highest BCUT2D eigenvalue weighted by molar-refractivity contribution is 5.76. The molecule has 3 rings (SSSR count). The lowest BCUT2D eigenvalue weighted by Gasteiger charge is -2.26. The maximum absolute atomic E-state index is 11.2. The third kappa shape index (κ3) is 13.2. The Morgan fingerprint density at radius 3 is 2.12 bits per heavy atom. The largest absolute Gasteiger partial charge is 0.490 e. The van der Waals surface area contributed by atoms with E-state index in [2.05, 4.69) is 22.3 Å². The van der Waals surface area contributed by atoms with E-state index < -0.39 is 18.2 Å². The summed E-state index contributed by atoms with van der Waals surface area (Å²) in [5, 5.41) is 20.9. The van der Waals surface area contributed by atoms with Crippen LogP contribution >= 0.6 is 0 Å². The molecule has 5 N–H and O–H groups in total. The van der Waals surface area contributed by atoms with Crippen LogP contribution in [0.25, 0.3) is 0 Å². The molecular weight excluding hydrogens is 551 g/mol. The molecule has 0 aliphatic carbocycles. The van der Waals surface area contributed by atoms with Crippen LogP contribution in [0.1, 0.15) is 48.5 Å². The van der Waals surface area contributed by atoms with E-state index in [1.54, 1.807) is 6.07 Å². The number of alkyl halides is 3. The van der Waals surface area contributed by atoms with Gasteiger partial charge in [-0.3, -0.25) is 9.69 Å². The van der Waals surface area contributed by atoms with Crippen molar-refractivity contribution in [1.82, 2.24) is 4.90 Å². The molecule has 0 saturated heterocycles. The van der Waals surface area contributed by atoms with Gasteiger partial charge >= 0.3 is 12.1 Å². The van der Waals surface area contributed by atoms with Gasteiger partial charge in [-0.2, -0.15) is 13.2 Å². The first-order valence-electron chi connectivity index (χ1n) is 13.6. The van der Waals surface area contributed by atoms with Crippen molar-refractivity contribution in [2.75, 3.05) is 25.0 Å². The molecule has 228 valence electrons. The first kappa shape index (κ1) is 34.3. The number of amides is 1. The first-order valence-corrected chi connectivity index (χ1v) is 13.6. The average molecular weight is 590 g/mol.